The van der Waals surface area contributed by atoms with Crippen LogP contribution in [0, 0.1) is 0 Å². The van der Waals surface area contributed by atoms with Crippen molar-refractivity contribution >= 4 is 17.7 Å². The third-order valence-electron chi connectivity index (χ3n) is 1.80. The molecule has 0 radical (unpaired) electrons. The monoisotopic (exact) mass is 281 g/mol. The van der Waals surface area contributed by atoms with Crippen molar-refractivity contribution in [1.82, 2.24) is 16.2 Å². The Morgan fingerprint density at radius 3 is 1.65 bits per heavy atom. The van der Waals surface area contributed by atoms with Crippen molar-refractivity contribution in [2.24, 2.45) is 0 Å². The van der Waals surface area contributed by atoms with E-state index in [4.69, 9.17) is 0 Å². The zero-order valence-corrected chi connectivity index (χ0v) is 12.3. The van der Waals surface area contributed by atoms with Crippen molar-refractivity contribution in [2.45, 2.75) is 27.2 Å². The minimum atomic E-state index is -0.412. The van der Waals surface area contributed by atoms with Gasteiger partial charge in [-0.2, -0.15) is 0 Å². The molecule has 0 unspecified atom stereocenters. The SMILES string of the molecule is C=C(C)C(=O)NNC(=O)C(=C)C.C=CC(=O)NCCC. The van der Waals surface area contributed by atoms with E-state index >= 15 is 0 Å². The highest BCUT2D eigenvalue weighted by Crippen LogP contribution is 1.86. The van der Waals surface area contributed by atoms with Gasteiger partial charge in [-0.3, -0.25) is 25.2 Å². The first-order chi connectivity index (χ1) is 9.26. The Morgan fingerprint density at radius 1 is 1.00 bits per heavy atom. The largest absolute Gasteiger partial charge is 0.353 e. The summed E-state index contributed by atoms with van der Waals surface area (Å²) in [6.45, 7) is 15.9. The van der Waals surface area contributed by atoms with Crippen LogP contribution >= 0.6 is 0 Å². The summed E-state index contributed by atoms with van der Waals surface area (Å²) in [6.07, 6.45) is 2.25. The van der Waals surface area contributed by atoms with Gasteiger partial charge in [-0.05, 0) is 26.3 Å². The van der Waals surface area contributed by atoms with E-state index in [1.165, 1.54) is 6.08 Å². The Morgan fingerprint density at radius 2 is 1.40 bits per heavy atom. The molecule has 0 fully saturated rings. The van der Waals surface area contributed by atoms with Crippen LogP contribution in [0.25, 0.3) is 0 Å². The Labute approximate surface area is 120 Å². The Kier molecular flexibility index (Phi) is 11.7. The number of rotatable bonds is 5. The minimum absolute atomic E-state index is 0.0909. The normalized spacial score (nSPS) is 8.35. The number of hydrazine groups is 1. The maximum absolute atomic E-state index is 10.8. The van der Waals surface area contributed by atoms with Crippen molar-refractivity contribution in [3.63, 3.8) is 0 Å². The van der Waals surface area contributed by atoms with Crippen LogP contribution in [0.3, 0.4) is 0 Å². The lowest BCUT2D eigenvalue weighted by atomic mass is 10.3. The standard InChI is InChI=1S/C8H12N2O2.C6H11NO/c1-5(2)7(11)9-10-8(12)6(3)4;1-3-5-7-6(8)4-2/h1,3H2,2,4H3,(H,9,11)(H,10,12);4H,2-3,5H2,1H3,(H,7,8). The molecule has 3 N–H and O–H groups in total. The van der Waals surface area contributed by atoms with Gasteiger partial charge >= 0.3 is 0 Å². The summed E-state index contributed by atoms with van der Waals surface area (Å²) in [6, 6.07) is 0. The van der Waals surface area contributed by atoms with Crippen LogP contribution in [-0.2, 0) is 14.4 Å². The quantitative estimate of drug-likeness (QED) is 0.518. The Hall–Kier alpha value is -2.37. The van der Waals surface area contributed by atoms with E-state index in [-0.39, 0.29) is 5.91 Å². The zero-order chi connectivity index (χ0) is 16.1. The molecule has 0 aromatic heterocycles. The average molecular weight is 281 g/mol. The molecule has 0 atom stereocenters. The lowest BCUT2D eigenvalue weighted by molar-refractivity contribution is -0.124. The summed E-state index contributed by atoms with van der Waals surface area (Å²) >= 11 is 0. The van der Waals surface area contributed by atoms with E-state index < -0.39 is 11.8 Å². The maximum atomic E-state index is 10.8. The van der Waals surface area contributed by atoms with Crippen LogP contribution in [0.2, 0.25) is 0 Å². The summed E-state index contributed by atoms with van der Waals surface area (Å²) < 4.78 is 0. The van der Waals surface area contributed by atoms with E-state index in [9.17, 15) is 14.4 Å². The molecule has 0 saturated carbocycles. The first-order valence-corrected chi connectivity index (χ1v) is 6.08. The summed E-state index contributed by atoms with van der Waals surface area (Å²) in [5, 5.41) is 2.62. The van der Waals surface area contributed by atoms with Gasteiger partial charge in [-0.15, -0.1) is 0 Å². The molecule has 0 aliphatic rings. The number of carbonyl (C=O) groups excluding carboxylic acids is 3. The van der Waals surface area contributed by atoms with Crippen LogP contribution in [0.5, 0.6) is 0 Å². The van der Waals surface area contributed by atoms with Gasteiger partial charge in [0.25, 0.3) is 11.8 Å². The summed E-state index contributed by atoms with van der Waals surface area (Å²) in [5.41, 5.74) is 4.99. The fourth-order valence-electron chi connectivity index (χ4n) is 0.647. The third-order valence-corrected chi connectivity index (χ3v) is 1.80. The number of amides is 3. The fraction of sp³-hybridized carbons (Fsp3) is 0.357. The van der Waals surface area contributed by atoms with E-state index in [1.807, 2.05) is 6.92 Å². The number of carbonyl (C=O) groups is 3. The molecular weight excluding hydrogens is 258 g/mol. The summed E-state index contributed by atoms with van der Waals surface area (Å²) in [4.78, 5) is 32.0. The molecule has 0 aliphatic carbocycles. The van der Waals surface area contributed by atoms with Gasteiger partial charge in [0.05, 0.1) is 0 Å². The molecule has 0 saturated heterocycles. The predicted molar refractivity (Wildman–Crippen MR) is 79.4 cm³/mol. The molecule has 0 bridgehead atoms. The van der Waals surface area contributed by atoms with Gasteiger partial charge in [0.15, 0.2) is 0 Å². The topological polar surface area (TPSA) is 87.3 Å². The highest BCUT2D eigenvalue weighted by Gasteiger charge is 2.03. The molecule has 6 heteroatoms. The van der Waals surface area contributed by atoms with Crippen molar-refractivity contribution in [3.05, 3.63) is 37.0 Å². The van der Waals surface area contributed by atoms with Gasteiger partial charge in [-0.25, -0.2) is 0 Å². The van der Waals surface area contributed by atoms with Gasteiger partial charge in [-0.1, -0.05) is 26.7 Å². The van der Waals surface area contributed by atoms with Crippen molar-refractivity contribution in [3.8, 4) is 0 Å². The molecule has 0 aliphatic heterocycles. The van der Waals surface area contributed by atoms with Gasteiger partial charge in [0.2, 0.25) is 5.91 Å². The first-order valence-electron chi connectivity index (χ1n) is 6.08. The summed E-state index contributed by atoms with van der Waals surface area (Å²) in [7, 11) is 0. The van der Waals surface area contributed by atoms with Gasteiger partial charge in [0.1, 0.15) is 0 Å². The molecule has 3 amide bonds. The molecule has 0 aromatic carbocycles. The first kappa shape index (κ1) is 20.0. The highest BCUT2D eigenvalue weighted by molar-refractivity contribution is 5.97. The second-order valence-electron chi connectivity index (χ2n) is 3.96. The molecular formula is C14H23N3O3. The van der Waals surface area contributed by atoms with Gasteiger partial charge < -0.3 is 5.32 Å². The van der Waals surface area contributed by atoms with Crippen LogP contribution in [0.15, 0.2) is 37.0 Å². The highest BCUT2D eigenvalue weighted by atomic mass is 16.2. The lowest BCUT2D eigenvalue weighted by Gasteiger charge is -2.05. The Bertz CT molecular complexity index is 374. The maximum Gasteiger partial charge on any atom is 0.264 e. The molecule has 0 aromatic rings. The van der Waals surface area contributed by atoms with Crippen molar-refractivity contribution in [2.75, 3.05) is 6.54 Å². The number of hydrogen-bond donors (Lipinski definition) is 3. The molecule has 20 heavy (non-hydrogen) atoms. The third kappa shape index (κ3) is 12.1. The van der Waals surface area contributed by atoms with Gasteiger partial charge in [0, 0.05) is 17.7 Å². The summed E-state index contributed by atoms with van der Waals surface area (Å²) in [5.74, 6) is -0.916. The second-order valence-corrected chi connectivity index (χ2v) is 3.96. The molecule has 6 nitrogen and oxygen atoms in total. The van der Waals surface area contributed by atoms with E-state index in [1.54, 1.807) is 13.8 Å². The fourth-order valence-corrected chi connectivity index (χ4v) is 0.647. The van der Waals surface area contributed by atoms with Crippen molar-refractivity contribution < 1.29 is 14.4 Å². The zero-order valence-electron chi connectivity index (χ0n) is 12.3. The number of hydrogen-bond acceptors (Lipinski definition) is 3. The van der Waals surface area contributed by atoms with Crippen LogP contribution < -0.4 is 16.2 Å². The van der Waals surface area contributed by atoms with Crippen LogP contribution in [-0.4, -0.2) is 24.3 Å². The van der Waals surface area contributed by atoms with Crippen molar-refractivity contribution in [1.29, 1.82) is 0 Å². The smallest absolute Gasteiger partial charge is 0.264 e. The molecule has 0 heterocycles. The second kappa shape index (κ2) is 11.7. The van der Waals surface area contributed by atoms with Crippen LogP contribution in [0.1, 0.15) is 27.2 Å². The van der Waals surface area contributed by atoms with E-state index in [2.05, 4.69) is 35.9 Å². The number of nitrogens with one attached hydrogen (secondary N) is 3. The van der Waals surface area contributed by atoms with E-state index in [0.717, 1.165) is 13.0 Å². The lowest BCUT2D eigenvalue weighted by Crippen LogP contribution is -2.42. The molecule has 0 rings (SSSR count). The minimum Gasteiger partial charge on any atom is -0.353 e. The average Bonchev–Trinajstić information content (AvgIpc) is 2.41. The molecule has 112 valence electrons. The predicted octanol–water partition coefficient (Wildman–Crippen LogP) is 0.985. The Balaban J connectivity index is 0. The van der Waals surface area contributed by atoms with E-state index in [0.29, 0.717) is 11.1 Å². The van der Waals surface area contributed by atoms with Crippen LogP contribution in [0.4, 0.5) is 0 Å². The molecule has 0 spiro atoms.